The lowest BCUT2D eigenvalue weighted by Crippen LogP contribution is -2.32. The minimum Gasteiger partial charge on any atom is -0.385 e. The number of anilines is 2. The van der Waals surface area contributed by atoms with Gasteiger partial charge in [-0.1, -0.05) is 0 Å². The molecule has 3 rings (SSSR count). The molecule has 0 unspecified atom stereocenters. The van der Waals surface area contributed by atoms with E-state index < -0.39 is 0 Å². The van der Waals surface area contributed by atoms with E-state index in [1.165, 1.54) is 25.9 Å². The number of likely N-dealkylation sites (tertiary alicyclic amines) is 1. The molecule has 0 bridgehead atoms. The zero-order valence-corrected chi connectivity index (χ0v) is 12.6. The molecule has 2 N–H and O–H groups in total. The molecule has 1 aromatic carbocycles. The topological polar surface area (TPSA) is 44.4 Å². The average Bonchev–Trinajstić information content (AvgIpc) is 2.46. The van der Waals surface area contributed by atoms with Crippen molar-refractivity contribution >= 4 is 29.0 Å². The van der Waals surface area contributed by atoms with Gasteiger partial charge in [-0.15, -0.1) is 11.8 Å². The van der Waals surface area contributed by atoms with Crippen molar-refractivity contribution in [2.75, 3.05) is 43.1 Å². The van der Waals surface area contributed by atoms with Crippen molar-refractivity contribution in [1.29, 1.82) is 0 Å². The van der Waals surface area contributed by atoms with Gasteiger partial charge in [0, 0.05) is 17.1 Å². The highest BCUT2D eigenvalue weighted by molar-refractivity contribution is 8.00. The Morgan fingerprint density at radius 2 is 2.20 bits per heavy atom. The Bertz CT molecular complexity index is 498. The number of benzene rings is 1. The van der Waals surface area contributed by atoms with Gasteiger partial charge in [0.2, 0.25) is 5.91 Å². The fourth-order valence-electron chi connectivity index (χ4n) is 2.72. The normalized spacial score (nSPS) is 20.4. The van der Waals surface area contributed by atoms with Crippen molar-refractivity contribution in [2.24, 2.45) is 5.92 Å². The maximum Gasteiger partial charge on any atom is 0.234 e. The number of rotatable bonds is 3. The van der Waals surface area contributed by atoms with E-state index in [1.54, 1.807) is 11.8 Å². The number of hydrogen-bond donors (Lipinski definition) is 2. The van der Waals surface area contributed by atoms with E-state index in [1.807, 2.05) is 6.07 Å². The molecule has 0 aliphatic carbocycles. The van der Waals surface area contributed by atoms with Crippen LogP contribution in [-0.2, 0) is 4.79 Å². The second-order valence-corrected chi connectivity index (χ2v) is 6.69. The Morgan fingerprint density at radius 3 is 3.00 bits per heavy atom. The van der Waals surface area contributed by atoms with Crippen LogP contribution in [0, 0.1) is 5.92 Å². The van der Waals surface area contributed by atoms with Crippen molar-refractivity contribution in [3.05, 3.63) is 18.2 Å². The highest BCUT2D eigenvalue weighted by atomic mass is 32.2. The van der Waals surface area contributed by atoms with E-state index in [9.17, 15) is 4.79 Å². The summed E-state index contributed by atoms with van der Waals surface area (Å²) in [5.41, 5.74) is 2.05. The number of piperidine rings is 1. The van der Waals surface area contributed by atoms with Crippen molar-refractivity contribution in [1.82, 2.24) is 4.90 Å². The highest BCUT2D eigenvalue weighted by Crippen LogP contribution is 2.33. The SMILES string of the molecule is CN1CCC(CNc2ccc3c(c2)NC(=O)CS3)CC1. The molecule has 1 fully saturated rings. The van der Waals surface area contributed by atoms with Gasteiger partial charge >= 0.3 is 0 Å². The number of nitrogens with one attached hydrogen (secondary N) is 2. The summed E-state index contributed by atoms with van der Waals surface area (Å²) in [5.74, 6) is 1.37. The second kappa shape index (κ2) is 6.06. The third-order valence-electron chi connectivity index (χ3n) is 4.05. The molecule has 0 atom stereocenters. The van der Waals surface area contributed by atoms with Crippen LogP contribution in [0.5, 0.6) is 0 Å². The minimum absolute atomic E-state index is 0.0926. The lowest BCUT2D eigenvalue weighted by atomic mass is 9.97. The van der Waals surface area contributed by atoms with Gasteiger partial charge < -0.3 is 15.5 Å². The van der Waals surface area contributed by atoms with Crippen molar-refractivity contribution in [2.45, 2.75) is 17.7 Å². The molecular formula is C15H21N3OS. The molecule has 5 heteroatoms. The minimum atomic E-state index is 0.0926. The van der Waals surface area contributed by atoms with Gasteiger partial charge in [0.05, 0.1) is 11.4 Å². The Hall–Kier alpha value is -1.20. The van der Waals surface area contributed by atoms with Gasteiger partial charge in [-0.05, 0) is 57.1 Å². The average molecular weight is 291 g/mol. The third kappa shape index (κ3) is 3.27. The fourth-order valence-corrected chi connectivity index (χ4v) is 3.51. The highest BCUT2D eigenvalue weighted by Gasteiger charge is 2.18. The Labute approximate surface area is 124 Å². The lowest BCUT2D eigenvalue weighted by molar-refractivity contribution is -0.113. The van der Waals surface area contributed by atoms with Crippen molar-refractivity contribution in [3.8, 4) is 0 Å². The number of thioether (sulfide) groups is 1. The van der Waals surface area contributed by atoms with Gasteiger partial charge in [-0.3, -0.25) is 4.79 Å². The van der Waals surface area contributed by atoms with E-state index in [-0.39, 0.29) is 5.91 Å². The molecule has 1 aromatic rings. The molecule has 1 amide bonds. The number of nitrogens with zero attached hydrogens (tertiary/aromatic N) is 1. The summed E-state index contributed by atoms with van der Waals surface area (Å²) in [6, 6.07) is 6.25. The van der Waals surface area contributed by atoms with Crippen LogP contribution in [0.1, 0.15) is 12.8 Å². The first-order valence-corrected chi connectivity index (χ1v) is 8.18. The number of hydrogen-bond acceptors (Lipinski definition) is 4. The van der Waals surface area contributed by atoms with E-state index in [0.717, 1.165) is 28.7 Å². The molecular weight excluding hydrogens is 270 g/mol. The standard InChI is InChI=1S/C15H21N3OS/c1-18-6-4-11(5-7-18)9-16-12-2-3-14-13(8-12)17-15(19)10-20-14/h2-3,8,11,16H,4-7,9-10H2,1H3,(H,17,19). The molecule has 4 nitrogen and oxygen atoms in total. The van der Waals surface area contributed by atoms with Crippen LogP contribution in [0.15, 0.2) is 23.1 Å². The summed E-state index contributed by atoms with van der Waals surface area (Å²) >= 11 is 1.61. The Kier molecular flexibility index (Phi) is 4.17. The molecule has 2 aliphatic heterocycles. The maximum absolute atomic E-state index is 11.4. The summed E-state index contributed by atoms with van der Waals surface area (Å²) in [6.07, 6.45) is 2.53. The van der Waals surface area contributed by atoms with Crippen LogP contribution >= 0.6 is 11.8 Å². The van der Waals surface area contributed by atoms with E-state index in [0.29, 0.717) is 5.75 Å². The quantitative estimate of drug-likeness (QED) is 0.898. The molecule has 0 aromatic heterocycles. The summed E-state index contributed by atoms with van der Waals surface area (Å²) < 4.78 is 0. The Morgan fingerprint density at radius 1 is 1.40 bits per heavy atom. The number of fused-ring (bicyclic) bond motifs is 1. The Balaban J connectivity index is 1.58. The molecule has 0 saturated carbocycles. The first kappa shape index (κ1) is 13.8. The van der Waals surface area contributed by atoms with E-state index in [2.05, 4.69) is 34.7 Å². The smallest absolute Gasteiger partial charge is 0.234 e. The van der Waals surface area contributed by atoms with Crippen LogP contribution < -0.4 is 10.6 Å². The van der Waals surface area contributed by atoms with Gasteiger partial charge in [-0.25, -0.2) is 0 Å². The number of amides is 1. The maximum atomic E-state index is 11.4. The summed E-state index contributed by atoms with van der Waals surface area (Å²) in [4.78, 5) is 15.0. The first-order chi connectivity index (χ1) is 9.70. The molecule has 1 saturated heterocycles. The summed E-state index contributed by atoms with van der Waals surface area (Å²) in [6.45, 7) is 3.42. The molecule has 108 valence electrons. The summed E-state index contributed by atoms with van der Waals surface area (Å²) in [5, 5.41) is 6.45. The number of carbonyl (C=O) groups is 1. The van der Waals surface area contributed by atoms with Crippen LogP contribution in [0.4, 0.5) is 11.4 Å². The third-order valence-corrected chi connectivity index (χ3v) is 5.12. The predicted octanol–water partition coefficient (Wildman–Crippen LogP) is 2.48. The zero-order valence-electron chi connectivity index (χ0n) is 11.8. The van der Waals surface area contributed by atoms with Crippen LogP contribution in [-0.4, -0.2) is 43.2 Å². The van der Waals surface area contributed by atoms with Gasteiger partial charge in [0.15, 0.2) is 0 Å². The van der Waals surface area contributed by atoms with E-state index in [4.69, 9.17) is 0 Å². The van der Waals surface area contributed by atoms with Crippen LogP contribution in [0.2, 0.25) is 0 Å². The lowest BCUT2D eigenvalue weighted by Gasteiger charge is -2.29. The zero-order chi connectivity index (χ0) is 13.9. The molecule has 0 radical (unpaired) electrons. The van der Waals surface area contributed by atoms with Crippen LogP contribution in [0.3, 0.4) is 0 Å². The number of carbonyl (C=O) groups excluding carboxylic acids is 1. The summed E-state index contributed by atoms with van der Waals surface area (Å²) in [7, 11) is 2.19. The van der Waals surface area contributed by atoms with E-state index >= 15 is 0 Å². The van der Waals surface area contributed by atoms with Crippen LogP contribution in [0.25, 0.3) is 0 Å². The van der Waals surface area contributed by atoms with Crippen molar-refractivity contribution < 1.29 is 4.79 Å². The molecule has 2 aliphatic rings. The first-order valence-electron chi connectivity index (χ1n) is 7.20. The fraction of sp³-hybridized carbons (Fsp3) is 0.533. The molecule has 2 heterocycles. The largest absolute Gasteiger partial charge is 0.385 e. The van der Waals surface area contributed by atoms with Gasteiger partial charge in [0.1, 0.15) is 0 Å². The molecule has 0 spiro atoms. The monoisotopic (exact) mass is 291 g/mol. The second-order valence-electron chi connectivity index (χ2n) is 5.68. The molecule has 20 heavy (non-hydrogen) atoms. The van der Waals surface area contributed by atoms with Crippen molar-refractivity contribution in [3.63, 3.8) is 0 Å². The van der Waals surface area contributed by atoms with Gasteiger partial charge in [0.25, 0.3) is 0 Å². The van der Waals surface area contributed by atoms with Gasteiger partial charge in [-0.2, -0.15) is 0 Å². The predicted molar refractivity (Wildman–Crippen MR) is 84.5 cm³/mol.